The van der Waals surface area contributed by atoms with E-state index in [-0.39, 0.29) is 9.79 Å². The van der Waals surface area contributed by atoms with Gasteiger partial charge in [0, 0.05) is 11.4 Å². The molecule has 10 heteroatoms. The van der Waals surface area contributed by atoms with Crippen molar-refractivity contribution in [1.82, 2.24) is 0 Å². The molecule has 4 aromatic carbocycles. The minimum absolute atomic E-state index is 0.0184. The van der Waals surface area contributed by atoms with Crippen LogP contribution in [0.1, 0.15) is 11.1 Å². The molecule has 0 heterocycles. The van der Waals surface area contributed by atoms with Gasteiger partial charge >= 0.3 is 0 Å². The molecule has 0 fully saturated rings. The number of benzene rings is 4. The average Bonchev–Trinajstić information content (AvgIpc) is 2.88. The highest BCUT2D eigenvalue weighted by Gasteiger charge is 2.27. The molecule has 0 spiro atoms. The first-order valence-electron chi connectivity index (χ1n) is 11.7. The maximum atomic E-state index is 13.4. The lowest BCUT2D eigenvalue weighted by atomic mass is 10.2. The van der Waals surface area contributed by atoms with Crippen LogP contribution in [-0.2, 0) is 24.8 Å². The van der Waals surface area contributed by atoms with Crippen molar-refractivity contribution < 1.29 is 21.6 Å². The molecule has 38 heavy (non-hydrogen) atoms. The number of aryl methyl sites for hydroxylation is 2. The molecule has 0 aromatic heterocycles. The van der Waals surface area contributed by atoms with E-state index in [4.69, 9.17) is 0 Å². The number of rotatable bonds is 9. The highest BCUT2D eigenvalue weighted by Crippen LogP contribution is 2.24. The number of sulfonamides is 2. The fraction of sp³-hybridized carbons (Fsp3) is 0.107. The smallest absolute Gasteiger partial charge is 0.264 e. The Hall–Kier alpha value is -4.15. The van der Waals surface area contributed by atoms with Gasteiger partial charge in [0.15, 0.2) is 0 Å². The lowest BCUT2D eigenvalue weighted by molar-refractivity contribution is -0.114. The first kappa shape index (κ1) is 26.9. The van der Waals surface area contributed by atoms with E-state index < -0.39 is 32.5 Å². The van der Waals surface area contributed by atoms with Gasteiger partial charge in [-0.15, -0.1) is 0 Å². The summed E-state index contributed by atoms with van der Waals surface area (Å²) < 4.78 is 55.9. The summed E-state index contributed by atoms with van der Waals surface area (Å²) in [5.74, 6) is -0.585. The number of hydrogen-bond donors (Lipinski definition) is 2. The molecule has 4 aromatic rings. The number of nitrogens with zero attached hydrogens (tertiary/aromatic N) is 1. The summed E-state index contributed by atoms with van der Waals surface area (Å²) in [7, 11) is -7.87. The third-order valence-corrected chi connectivity index (χ3v) is 8.84. The molecule has 0 bridgehead atoms. The monoisotopic (exact) mass is 549 g/mol. The van der Waals surface area contributed by atoms with Crippen LogP contribution in [0.5, 0.6) is 0 Å². The van der Waals surface area contributed by atoms with Crippen molar-refractivity contribution in [2.75, 3.05) is 20.9 Å². The molecule has 0 unspecified atom stereocenters. The molecular weight excluding hydrogens is 522 g/mol. The summed E-state index contributed by atoms with van der Waals surface area (Å²) in [5.41, 5.74) is 2.93. The van der Waals surface area contributed by atoms with E-state index in [0.29, 0.717) is 17.1 Å². The van der Waals surface area contributed by atoms with E-state index in [9.17, 15) is 21.6 Å². The van der Waals surface area contributed by atoms with Gasteiger partial charge in [-0.05, 0) is 80.1 Å². The van der Waals surface area contributed by atoms with Crippen LogP contribution in [0.3, 0.4) is 0 Å². The van der Waals surface area contributed by atoms with Gasteiger partial charge in [-0.25, -0.2) is 16.8 Å². The van der Waals surface area contributed by atoms with Gasteiger partial charge in [0.05, 0.1) is 15.5 Å². The standard InChI is InChI=1S/C28H27N3O5S2/c1-21-11-15-27(16-12-21)38(35,36)31(25-9-4-3-5-10-25)20-28(32)29-23-13-17-26(18-14-23)37(33,34)30-24-8-6-7-22(2)19-24/h3-19,30H,20H2,1-2H3,(H,29,32). The number of nitrogens with one attached hydrogen (secondary N) is 2. The van der Waals surface area contributed by atoms with Gasteiger partial charge in [-0.1, -0.05) is 48.0 Å². The summed E-state index contributed by atoms with van der Waals surface area (Å²) in [6.45, 7) is 3.24. The third-order valence-electron chi connectivity index (χ3n) is 5.66. The van der Waals surface area contributed by atoms with Crippen molar-refractivity contribution >= 4 is 43.0 Å². The maximum Gasteiger partial charge on any atom is 0.264 e. The van der Waals surface area contributed by atoms with Crippen LogP contribution in [0.15, 0.2) is 113 Å². The molecule has 196 valence electrons. The Balaban J connectivity index is 1.51. The molecule has 0 aliphatic heterocycles. The van der Waals surface area contributed by atoms with E-state index in [1.807, 2.05) is 19.9 Å². The van der Waals surface area contributed by atoms with Gasteiger partial charge in [-0.2, -0.15) is 0 Å². The fourth-order valence-electron chi connectivity index (χ4n) is 3.72. The highest BCUT2D eigenvalue weighted by molar-refractivity contribution is 7.93. The zero-order valence-electron chi connectivity index (χ0n) is 20.8. The number of carbonyl (C=O) groups is 1. The second kappa shape index (κ2) is 11.1. The average molecular weight is 550 g/mol. The molecule has 0 saturated carbocycles. The van der Waals surface area contributed by atoms with Gasteiger partial charge in [0.1, 0.15) is 6.54 Å². The number of para-hydroxylation sites is 1. The molecule has 4 rings (SSSR count). The second-order valence-corrected chi connectivity index (χ2v) is 12.3. The van der Waals surface area contributed by atoms with Crippen LogP contribution in [0.4, 0.5) is 17.1 Å². The normalized spacial score (nSPS) is 11.5. The van der Waals surface area contributed by atoms with Crippen LogP contribution >= 0.6 is 0 Å². The van der Waals surface area contributed by atoms with Gasteiger partial charge in [-0.3, -0.25) is 13.8 Å². The van der Waals surface area contributed by atoms with Crippen molar-refractivity contribution in [3.05, 3.63) is 114 Å². The predicted molar refractivity (Wildman–Crippen MR) is 149 cm³/mol. The molecule has 0 aliphatic carbocycles. The van der Waals surface area contributed by atoms with E-state index >= 15 is 0 Å². The first-order chi connectivity index (χ1) is 18.0. The van der Waals surface area contributed by atoms with E-state index in [0.717, 1.165) is 15.4 Å². The Kier molecular flexibility index (Phi) is 7.84. The van der Waals surface area contributed by atoms with Crippen molar-refractivity contribution in [1.29, 1.82) is 0 Å². The quantitative estimate of drug-likeness (QED) is 0.307. The predicted octanol–water partition coefficient (Wildman–Crippen LogP) is 4.94. The Morgan fingerprint density at radius 3 is 1.95 bits per heavy atom. The first-order valence-corrected chi connectivity index (χ1v) is 14.6. The summed E-state index contributed by atoms with van der Waals surface area (Å²) >= 11 is 0. The van der Waals surface area contributed by atoms with Crippen molar-refractivity contribution in [3.63, 3.8) is 0 Å². The van der Waals surface area contributed by atoms with Gasteiger partial charge < -0.3 is 5.32 Å². The lowest BCUT2D eigenvalue weighted by Crippen LogP contribution is -2.38. The summed E-state index contributed by atoms with van der Waals surface area (Å²) in [4.78, 5) is 13.0. The SMILES string of the molecule is Cc1ccc(S(=O)(=O)N(CC(=O)Nc2ccc(S(=O)(=O)Nc3cccc(C)c3)cc2)c2ccccc2)cc1. The topological polar surface area (TPSA) is 113 Å². The Bertz CT molecular complexity index is 1640. The van der Waals surface area contributed by atoms with E-state index in [2.05, 4.69) is 10.0 Å². The largest absolute Gasteiger partial charge is 0.325 e. The fourth-order valence-corrected chi connectivity index (χ4v) is 6.19. The molecule has 8 nitrogen and oxygen atoms in total. The number of amides is 1. The number of carbonyl (C=O) groups excluding carboxylic acids is 1. The third kappa shape index (κ3) is 6.39. The Morgan fingerprint density at radius 2 is 1.32 bits per heavy atom. The Labute approximate surface area is 223 Å². The zero-order chi connectivity index (χ0) is 27.3. The minimum atomic E-state index is -4.03. The molecule has 2 N–H and O–H groups in total. The second-order valence-electron chi connectivity index (χ2n) is 8.71. The molecule has 0 atom stereocenters. The van der Waals surface area contributed by atoms with Crippen LogP contribution in [-0.4, -0.2) is 29.3 Å². The summed E-state index contributed by atoms with van der Waals surface area (Å²) in [6, 6.07) is 27.4. The summed E-state index contributed by atoms with van der Waals surface area (Å²) in [6.07, 6.45) is 0. The molecule has 0 aliphatic rings. The molecule has 1 amide bonds. The van der Waals surface area contributed by atoms with E-state index in [1.165, 1.54) is 36.4 Å². The van der Waals surface area contributed by atoms with Crippen LogP contribution in [0.2, 0.25) is 0 Å². The van der Waals surface area contributed by atoms with Gasteiger partial charge in [0.2, 0.25) is 5.91 Å². The maximum absolute atomic E-state index is 13.4. The zero-order valence-corrected chi connectivity index (χ0v) is 22.5. The highest BCUT2D eigenvalue weighted by atomic mass is 32.2. The van der Waals surface area contributed by atoms with Crippen molar-refractivity contribution in [2.45, 2.75) is 23.6 Å². The number of hydrogen-bond acceptors (Lipinski definition) is 5. The molecular formula is C28H27N3O5S2. The summed E-state index contributed by atoms with van der Waals surface area (Å²) in [5, 5.41) is 2.65. The van der Waals surface area contributed by atoms with Crippen LogP contribution in [0.25, 0.3) is 0 Å². The molecule has 0 radical (unpaired) electrons. The number of anilines is 3. The minimum Gasteiger partial charge on any atom is -0.325 e. The van der Waals surface area contributed by atoms with Crippen molar-refractivity contribution in [2.24, 2.45) is 0 Å². The lowest BCUT2D eigenvalue weighted by Gasteiger charge is -2.24. The van der Waals surface area contributed by atoms with Crippen LogP contribution < -0.4 is 14.3 Å². The van der Waals surface area contributed by atoms with Crippen LogP contribution in [0, 0.1) is 13.8 Å². The molecule has 0 saturated heterocycles. The van der Waals surface area contributed by atoms with E-state index in [1.54, 1.807) is 60.7 Å². The van der Waals surface area contributed by atoms with Gasteiger partial charge in [0.25, 0.3) is 20.0 Å². The Morgan fingerprint density at radius 1 is 0.684 bits per heavy atom. The van der Waals surface area contributed by atoms with Crippen molar-refractivity contribution in [3.8, 4) is 0 Å².